The molecule has 0 heterocycles. The van der Waals surface area contributed by atoms with Gasteiger partial charge in [0, 0.05) is 13.1 Å². The Bertz CT molecular complexity index is 166. The average Bonchev–Trinajstić information content (AvgIpc) is 1.83. The molecule has 0 fully saturated rings. The van der Waals surface area contributed by atoms with Crippen LogP contribution in [0.3, 0.4) is 0 Å². The molecule has 0 saturated carbocycles. The molecule has 5 N–H and O–H groups in total. The summed E-state index contributed by atoms with van der Waals surface area (Å²) in [5.41, 5.74) is 4.40. The molecule has 5 nitrogen and oxygen atoms in total. The van der Waals surface area contributed by atoms with Crippen LogP contribution in [0.2, 0.25) is 0 Å². The van der Waals surface area contributed by atoms with E-state index in [4.69, 9.17) is 10.2 Å². The summed E-state index contributed by atoms with van der Waals surface area (Å²) in [5, 5.41) is 18.0. The Hall–Kier alpha value is 0.340. The number of likely N-dealkylation sites (N-methyl/N-ethyl adjacent to an activating group) is 1. The maximum absolute atomic E-state index is 8.47. The molecule has 0 aliphatic heterocycles. The van der Waals surface area contributed by atoms with Gasteiger partial charge >= 0.3 is 29.6 Å². The van der Waals surface area contributed by atoms with Gasteiger partial charge in [0.25, 0.3) is 10.3 Å². The van der Waals surface area contributed by atoms with Crippen LogP contribution in [0.25, 0.3) is 0 Å². The summed E-state index contributed by atoms with van der Waals surface area (Å²) in [7, 11) is 3.92. The van der Waals surface area contributed by atoms with E-state index in [2.05, 4.69) is 35.5 Å². The molecule has 15 heavy (non-hydrogen) atoms. The normalized spacial score (nSPS) is 7.40. The molecule has 0 unspecified atom stereocenters. The van der Waals surface area contributed by atoms with Crippen LogP contribution in [0, 0.1) is 0 Å². The van der Waals surface area contributed by atoms with Gasteiger partial charge in [-0.1, -0.05) is 7.43 Å². The second-order valence-electron chi connectivity index (χ2n) is 2.37. The van der Waals surface area contributed by atoms with Crippen LogP contribution in [-0.2, 0) is 0 Å². The standard InChI is InChI=1S/C5H12N2OS.CH3NOS.CH4.Na.H/c1-7(2)4-3-6-5(8)9;2-1(3)4;;;/h3-4H2,1-2H3,(H2,6,8,9);(H3,2,3,4);1H4;;. The Morgan fingerprint density at radius 1 is 1.33 bits per heavy atom. The van der Waals surface area contributed by atoms with Gasteiger partial charge in [-0.25, -0.2) is 0 Å². The molecule has 0 rings (SSSR count). The number of hydrogen-bond acceptors (Lipinski definition) is 3. The molecule has 88 valence electrons. The molecule has 0 amide bonds. The van der Waals surface area contributed by atoms with E-state index in [0.29, 0.717) is 6.54 Å². The Labute approximate surface area is 124 Å². The fraction of sp³-hybridized carbons (Fsp3) is 0.714. The predicted octanol–water partition coefficient (Wildman–Crippen LogP) is -0.244. The zero-order valence-electron chi connectivity index (χ0n) is 7.65. The summed E-state index contributed by atoms with van der Waals surface area (Å²) < 4.78 is 0. The van der Waals surface area contributed by atoms with Gasteiger partial charge in [0.15, 0.2) is 0 Å². The van der Waals surface area contributed by atoms with Crippen molar-refractivity contribution in [3.63, 3.8) is 0 Å². The third kappa shape index (κ3) is 54.3. The quantitative estimate of drug-likeness (QED) is 0.414. The molecule has 8 heteroatoms. The molecule has 0 atom stereocenters. The molecule has 0 aromatic heterocycles. The fourth-order valence-corrected chi connectivity index (χ4v) is 0.489. The first-order valence-electron chi connectivity index (χ1n) is 3.46. The second kappa shape index (κ2) is 16.8. The molecule has 0 saturated heterocycles. The van der Waals surface area contributed by atoms with E-state index in [1.807, 2.05) is 19.0 Å². The van der Waals surface area contributed by atoms with Crippen molar-refractivity contribution in [3.05, 3.63) is 0 Å². The van der Waals surface area contributed by atoms with Gasteiger partial charge in [-0.15, -0.1) is 0 Å². The van der Waals surface area contributed by atoms with E-state index in [9.17, 15) is 0 Å². The minimum atomic E-state index is -0.500. The topological polar surface area (TPSA) is 81.8 Å². The van der Waals surface area contributed by atoms with Crippen molar-refractivity contribution in [3.8, 4) is 0 Å². The van der Waals surface area contributed by atoms with Crippen LogP contribution < -0.4 is 11.1 Å². The third-order valence-electron chi connectivity index (χ3n) is 0.835. The Balaban J connectivity index is -0.0000000883. The van der Waals surface area contributed by atoms with Gasteiger partial charge in [-0.2, -0.15) is 0 Å². The fourth-order valence-electron chi connectivity index (χ4n) is 0.386. The van der Waals surface area contributed by atoms with Crippen LogP contribution >= 0.6 is 24.4 Å². The summed E-state index contributed by atoms with van der Waals surface area (Å²) in [6.45, 7) is 1.57. The Kier molecular flexibility index (Phi) is 27.4. The number of aliphatic hydroxyl groups excluding tert-OH is 2. The first-order valence-corrected chi connectivity index (χ1v) is 4.27. The first kappa shape index (κ1) is 24.5. The van der Waals surface area contributed by atoms with Crippen molar-refractivity contribution in [2.45, 2.75) is 7.43 Å². The number of thiocarbonyl (C=S) groups is 2. The molecular weight excluding hydrogens is 245 g/mol. The van der Waals surface area contributed by atoms with Crippen LogP contribution in [0.15, 0.2) is 0 Å². The molecule has 0 radical (unpaired) electrons. The van der Waals surface area contributed by atoms with Crippen LogP contribution in [0.1, 0.15) is 7.43 Å². The van der Waals surface area contributed by atoms with Gasteiger partial charge in [-0.05, 0) is 38.5 Å². The third-order valence-corrected chi connectivity index (χ3v) is 0.980. The van der Waals surface area contributed by atoms with E-state index < -0.39 is 5.17 Å². The van der Waals surface area contributed by atoms with Crippen LogP contribution in [0.4, 0.5) is 0 Å². The van der Waals surface area contributed by atoms with Crippen molar-refractivity contribution >= 4 is 64.3 Å². The second-order valence-corrected chi connectivity index (χ2v) is 3.18. The van der Waals surface area contributed by atoms with Gasteiger partial charge in [0.05, 0.1) is 0 Å². The van der Waals surface area contributed by atoms with Crippen LogP contribution in [0.5, 0.6) is 0 Å². The van der Waals surface area contributed by atoms with E-state index in [-0.39, 0.29) is 42.2 Å². The van der Waals surface area contributed by atoms with Crippen molar-refractivity contribution in [1.82, 2.24) is 10.2 Å². The average molecular weight is 265 g/mol. The van der Waals surface area contributed by atoms with E-state index in [0.717, 1.165) is 6.54 Å². The predicted molar refractivity (Wildman–Crippen MR) is 75.1 cm³/mol. The molecular formula is C7H20N3NaO2S2. The van der Waals surface area contributed by atoms with E-state index >= 15 is 0 Å². The van der Waals surface area contributed by atoms with Gasteiger partial charge in [0.2, 0.25) is 0 Å². The SMILES string of the molecule is C.CN(C)CCNC(O)=S.NC(O)=S.[NaH]. The summed E-state index contributed by atoms with van der Waals surface area (Å²) in [6.07, 6.45) is 0. The van der Waals surface area contributed by atoms with Crippen molar-refractivity contribution in [1.29, 1.82) is 0 Å². The number of aliphatic hydroxyl groups is 2. The summed E-state index contributed by atoms with van der Waals surface area (Å²) in [6, 6.07) is 0. The number of hydrogen-bond donors (Lipinski definition) is 4. The molecule has 0 aromatic carbocycles. The number of nitrogens with one attached hydrogen (secondary N) is 1. The van der Waals surface area contributed by atoms with Gasteiger partial charge in [-0.3, -0.25) is 0 Å². The zero-order valence-corrected chi connectivity index (χ0v) is 9.28. The summed E-state index contributed by atoms with van der Waals surface area (Å²) in [4.78, 5) is 2.01. The molecule has 0 bridgehead atoms. The maximum atomic E-state index is 8.47. The molecule has 0 aliphatic carbocycles. The molecule has 0 aromatic rings. The van der Waals surface area contributed by atoms with Gasteiger partial charge in [0.1, 0.15) is 0 Å². The summed E-state index contributed by atoms with van der Waals surface area (Å²) in [5.74, 6) is 0. The monoisotopic (exact) mass is 265 g/mol. The Morgan fingerprint density at radius 2 is 1.67 bits per heavy atom. The van der Waals surface area contributed by atoms with E-state index in [1.165, 1.54) is 0 Å². The van der Waals surface area contributed by atoms with E-state index in [1.54, 1.807) is 0 Å². The van der Waals surface area contributed by atoms with Crippen molar-refractivity contribution in [2.75, 3.05) is 27.2 Å². The van der Waals surface area contributed by atoms with Crippen molar-refractivity contribution in [2.24, 2.45) is 5.73 Å². The summed E-state index contributed by atoms with van der Waals surface area (Å²) >= 11 is 8.24. The number of nitrogens with two attached hydrogens (primary N) is 1. The van der Waals surface area contributed by atoms with Crippen LogP contribution in [-0.4, -0.2) is 82.2 Å². The number of nitrogens with zero attached hydrogens (tertiary/aromatic N) is 1. The number of rotatable bonds is 3. The minimum absolute atomic E-state index is 0. The molecule has 0 spiro atoms. The van der Waals surface area contributed by atoms with Crippen molar-refractivity contribution < 1.29 is 10.2 Å². The Morgan fingerprint density at radius 3 is 1.87 bits per heavy atom. The first-order chi connectivity index (χ1) is 5.86. The zero-order chi connectivity index (χ0) is 10.9. The van der Waals surface area contributed by atoms with Gasteiger partial charge < -0.3 is 26.2 Å². The molecule has 0 aliphatic rings.